The lowest BCUT2D eigenvalue weighted by Crippen LogP contribution is -2.53. The second kappa shape index (κ2) is 7.38. The number of nitrogens with zero attached hydrogens (tertiary/aromatic N) is 6. The first-order valence-electron chi connectivity index (χ1n) is 9.56. The molecule has 4 rings (SSSR count). The first-order valence-corrected chi connectivity index (χ1v) is 9.56. The van der Waals surface area contributed by atoms with Crippen LogP contribution in [-0.4, -0.2) is 89.3 Å². The summed E-state index contributed by atoms with van der Waals surface area (Å²) in [6.45, 7) is 2.90. The van der Waals surface area contributed by atoms with Crippen LogP contribution in [0.2, 0.25) is 0 Å². The molecule has 10 nitrogen and oxygen atoms in total. The van der Waals surface area contributed by atoms with E-state index in [1.54, 1.807) is 24.4 Å². The van der Waals surface area contributed by atoms with E-state index >= 15 is 0 Å². The maximum absolute atomic E-state index is 13.3. The molecule has 4 heterocycles. The van der Waals surface area contributed by atoms with Crippen LogP contribution in [-0.2, 0) is 9.59 Å². The van der Waals surface area contributed by atoms with E-state index in [-0.39, 0.29) is 16.7 Å². The predicted octanol–water partition coefficient (Wildman–Crippen LogP) is -0.120. The summed E-state index contributed by atoms with van der Waals surface area (Å²) in [6, 6.07) is 4.52. The van der Waals surface area contributed by atoms with E-state index in [1.165, 1.54) is 24.6 Å². The Morgan fingerprint density at radius 3 is 2.17 bits per heavy atom. The maximum atomic E-state index is 13.3. The number of aromatic nitrogens is 2. The second-order valence-corrected chi connectivity index (χ2v) is 7.44. The van der Waals surface area contributed by atoms with Crippen LogP contribution in [0.5, 0.6) is 0 Å². The lowest BCUT2D eigenvalue weighted by molar-refractivity contribution is -0.134. The highest BCUT2D eigenvalue weighted by Crippen LogP contribution is 2.23. The molecule has 156 valence electrons. The van der Waals surface area contributed by atoms with E-state index in [1.807, 2.05) is 11.9 Å². The smallest absolute Gasteiger partial charge is 0.333 e. The fourth-order valence-corrected chi connectivity index (χ4v) is 3.60. The molecular formula is C20H22N6O4. The van der Waals surface area contributed by atoms with Gasteiger partial charge in [0.05, 0.1) is 5.56 Å². The van der Waals surface area contributed by atoms with Gasteiger partial charge < -0.3 is 9.80 Å². The van der Waals surface area contributed by atoms with E-state index in [0.717, 1.165) is 22.9 Å². The van der Waals surface area contributed by atoms with Gasteiger partial charge in [-0.15, -0.1) is 0 Å². The highest BCUT2D eigenvalue weighted by molar-refractivity contribution is 6.30. The van der Waals surface area contributed by atoms with Crippen molar-refractivity contribution in [1.82, 2.24) is 24.1 Å². The molecule has 0 unspecified atom stereocenters. The van der Waals surface area contributed by atoms with E-state index < -0.39 is 17.8 Å². The molecule has 2 saturated heterocycles. The van der Waals surface area contributed by atoms with Gasteiger partial charge in [-0.2, -0.15) is 0 Å². The van der Waals surface area contributed by atoms with Gasteiger partial charge in [0.25, 0.3) is 17.4 Å². The van der Waals surface area contributed by atoms with Gasteiger partial charge in [-0.3, -0.25) is 28.6 Å². The minimum atomic E-state index is -0.745. The van der Waals surface area contributed by atoms with Gasteiger partial charge in [-0.1, -0.05) is 6.07 Å². The molecule has 0 saturated carbocycles. The Balaban J connectivity index is 1.92. The molecule has 2 aromatic heterocycles. The SMILES string of the molecule is CN1CCN(c2nc3ccccn3c(=O)c2C=C2C(=O)N(C)C(=O)N(C)C2=O)CC1. The third-order valence-corrected chi connectivity index (χ3v) is 5.48. The molecule has 0 aliphatic carbocycles. The van der Waals surface area contributed by atoms with Crippen molar-refractivity contribution in [2.75, 3.05) is 52.2 Å². The van der Waals surface area contributed by atoms with Crippen LogP contribution >= 0.6 is 0 Å². The minimum absolute atomic E-state index is 0.149. The zero-order valence-corrected chi connectivity index (χ0v) is 17.0. The summed E-state index contributed by atoms with van der Waals surface area (Å²) in [6.07, 6.45) is 2.86. The minimum Gasteiger partial charge on any atom is -0.353 e. The van der Waals surface area contributed by atoms with Gasteiger partial charge >= 0.3 is 6.03 Å². The number of pyridine rings is 1. The standard InChI is InChI=1S/C20H22N6O4/c1-22-8-10-25(11-9-22)16-13(19(29)26-7-5-4-6-15(26)21-16)12-14-17(27)23(2)20(30)24(3)18(14)28/h4-7,12H,8-11H2,1-3H3. The molecule has 0 bridgehead atoms. The number of likely N-dealkylation sites (N-methyl/N-ethyl adjacent to an activating group) is 3. The van der Waals surface area contributed by atoms with Crippen molar-refractivity contribution in [3.05, 3.63) is 45.9 Å². The second-order valence-electron chi connectivity index (χ2n) is 7.44. The van der Waals surface area contributed by atoms with Crippen molar-refractivity contribution in [3.63, 3.8) is 0 Å². The van der Waals surface area contributed by atoms with Gasteiger partial charge in [-0.05, 0) is 25.3 Å². The lowest BCUT2D eigenvalue weighted by atomic mass is 10.1. The Hall–Kier alpha value is -3.53. The number of barbiturate groups is 1. The molecule has 0 aromatic carbocycles. The Morgan fingerprint density at radius 1 is 0.900 bits per heavy atom. The Kier molecular flexibility index (Phi) is 4.86. The molecule has 4 amide bonds. The largest absolute Gasteiger partial charge is 0.353 e. The van der Waals surface area contributed by atoms with Crippen LogP contribution in [0.3, 0.4) is 0 Å². The highest BCUT2D eigenvalue weighted by Gasteiger charge is 2.38. The summed E-state index contributed by atoms with van der Waals surface area (Å²) in [4.78, 5) is 61.1. The zero-order valence-electron chi connectivity index (χ0n) is 17.0. The number of carbonyl (C=O) groups is 3. The van der Waals surface area contributed by atoms with Crippen LogP contribution in [0.15, 0.2) is 34.8 Å². The Labute approximate surface area is 172 Å². The number of carbonyl (C=O) groups excluding carboxylic acids is 3. The molecule has 2 fully saturated rings. The topological polar surface area (TPSA) is 98.5 Å². The predicted molar refractivity (Wildman–Crippen MR) is 110 cm³/mol. The van der Waals surface area contributed by atoms with E-state index in [4.69, 9.17) is 0 Å². The van der Waals surface area contributed by atoms with Crippen molar-refractivity contribution >= 4 is 35.4 Å². The molecule has 2 aromatic rings. The van der Waals surface area contributed by atoms with Gasteiger partial charge in [-0.25, -0.2) is 9.78 Å². The van der Waals surface area contributed by atoms with Crippen LogP contribution in [0.1, 0.15) is 5.56 Å². The number of fused-ring (bicyclic) bond motifs is 1. The quantitative estimate of drug-likeness (QED) is 0.503. The number of anilines is 1. The molecular weight excluding hydrogens is 388 g/mol. The van der Waals surface area contributed by atoms with E-state index in [2.05, 4.69) is 9.88 Å². The first-order chi connectivity index (χ1) is 14.3. The van der Waals surface area contributed by atoms with Crippen LogP contribution in [0.25, 0.3) is 11.7 Å². The average molecular weight is 410 g/mol. The molecule has 0 spiro atoms. The Bertz CT molecular complexity index is 1120. The summed E-state index contributed by atoms with van der Waals surface area (Å²) in [7, 11) is 4.62. The van der Waals surface area contributed by atoms with Crippen LogP contribution < -0.4 is 10.5 Å². The third kappa shape index (κ3) is 3.14. The fourth-order valence-electron chi connectivity index (χ4n) is 3.60. The number of rotatable bonds is 2. The normalized spacial score (nSPS) is 18.6. The van der Waals surface area contributed by atoms with Crippen molar-refractivity contribution in [2.24, 2.45) is 0 Å². The molecule has 2 aliphatic heterocycles. The monoisotopic (exact) mass is 410 g/mol. The summed E-state index contributed by atoms with van der Waals surface area (Å²) < 4.78 is 1.38. The maximum Gasteiger partial charge on any atom is 0.333 e. The Morgan fingerprint density at radius 2 is 1.53 bits per heavy atom. The highest BCUT2D eigenvalue weighted by atomic mass is 16.2. The van der Waals surface area contributed by atoms with Crippen molar-refractivity contribution in [1.29, 1.82) is 0 Å². The molecule has 0 radical (unpaired) electrons. The summed E-state index contributed by atoms with van der Waals surface area (Å²) >= 11 is 0. The number of hydrogen-bond donors (Lipinski definition) is 0. The number of hydrogen-bond acceptors (Lipinski definition) is 7. The zero-order chi connectivity index (χ0) is 21.6. The number of imide groups is 2. The molecule has 0 N–H and O–H groups in total. The van der Waals surface area contributed by atoms with Crippen molar-refractivity contribution < 1.29 is 14.4 Å². The first kappa shape index (κ1) is 19.8. The van der Waals surface area contributed by atoms with Crippen LogP contribution in [0.4, 0.5) is 10.6 Å². The van der Waals surface area contributed by atoms with Gasteiger partial charge in [0, 0.05) is 46.5 Å². The van der Waals surface area contributed by atoms with Crippen molar-refractivity contribution in [2.45, 2.75) is 0 Å². The average Bonchev–Trinajstić information content (AvgIpc) is 2.75. The van der Waals surface area contributed by atoms with Crippen molar-refractivity contribution in [3.8, 4) is 0 Å². The number of amides is 4. The van der Waals surface area contributed by atoms with E-state index in [9.17, 15) is 19.2 Å². The molecule has 10 heteroatoms. The van der Waals surface area contributed by atoms with Gasteiger partial charge in [0.15, 0.2) is 0 Å². The summed E-state index contributed by atoms with van der Waals surface area (Å²) in [5.41, 5.74) is -0.00464. The van der Waals surface area contributed by atoms with Gasteiger partial charge in [0.2, 0.25) is 0 Å². The third-order valence-electron chi connectivity index (χ3n) is 5.48. The van der Waals surface area contributed by atoms with E-state index in [0.29, 0.717) is 24.6 Å². The molecule has 2 aliphatic rings. The number of piperazine rings is 1. The fraction of sp³-hybridized carbons (Fsp3) is 0.350. The lowest BCUT2D eigenvalue weighted by Gasteiger charge is -2.34. The summed E-state index contributed by atoms with van der Waals surface area (Å²) in [5, 5.41) is 0. The number of urea groups is 1. The van der Waals surface area contributed by atoms with Crippen LogP contribution in [0, 0.1) is 0 Å². The molecule has 0 atom stereocenters. The molecule has 30 heavy (non-hydrogen) atoms. The van der Waals surface area contributed by atoms with Gasteiger partial charge in [0.1, 0.15) is 17.0 Å². The summed E-state index contributed by atoms with van der Waals surface area (Å²) in [5.74, 6) is -1.07.